The van der Waals surface area contributed by atoms with Gasteiger partial charge in [-0.15, -0.1) is 0 Å². The van der Waals surface area contributed by atoms with Crippen LogP contribution in [0.25, 0.3) is 5.69 Å². The van der Waals surface area contributed by atoms with Crippen LogP contribution in [0.5, 0.6) is 0 Å². The number of amides is 3. The lowest BCUT2D eigenvalue weighted by Crippen LogP contribution is -2.66. The minimum Gasteiger partial charge on any atom is -0.351 e. The van der Waals surface area contributed by atoms with Crippen LogP contribution in [-0.2, 0) is 9.59 Å². The summed E-state index contributed by atoms with van der Waals surface area (Å²) in [6.07, 6.45) is 5.35. The van der Waals surface area contributed by atoms with Gasteiger partial charge in [-0.1, -0.05) is 18.2 Å². The molecule has 1 aromatic carbocycles. The Morgan fingerprint density at radius 3 is 2.27 bits per heavy atom. The molecule has 7 nitrogen and oxygen atoms in total. The van der Waals surface area contributed by atoms with Crippen molar-refractivity contribution in [2.45, 2.75) is 64.8 Å². The van der Waals surface area contributed by atoms with Gasteiger partial charge in [-0.25, -0.2) is 0 Å². The Labute approximate surface area is 194 Å². The van der Waals surface area contributed by atoms with Gasteiger partial charge in [0.15, 0.2) is 0 Å². The number of rotatable bonds is 4. The van der Waals surface area contributed by atoms with E-state index in [-0.39, 0.29) is 23.3 Å². The van der Waals surface area contributed by atoms with Crippen LogP contribution in [0.4, 0.5) is 0 Å². The summed E-state index contributed by atoms with van der Waals surface area (Å²) in [7, 11) is 0. The van der Waals surface area contributed by atoms with Gasteiger partial charge >= 0.3 is 0 Å². The van der Waals surface area contributed by atoms with Gasteiger partial charge in [0.05, 0.1) is 11.0 Å². The number of carbonyl (C=O) groups is 3. The fourth-order valence-electron chi connectivity index (χ4n) is 7.33. The van der Waals surface area contributed by atoms with Crippen molar-refractivity contribution in [2.24, 2.45) is 17.3 Å². The molecular formula is C26H32N4O3. The number of nitrogens with one attached hydrogen (secondary N) is 3. The minimum absolute atomic E-state index is 0.0328. The molecule has 2 unspecified atom stereocenters. The Balaban J connectivity index is 1.31. The largest absolute Gasteiger partial charge is 0.351 e. The van der Waals surface area contributed by atoms with Crippen molar-refractivity contribution in [1.29, 1.82) is 0 Å². The monoisotopic (exact) mass is 448 g/mol. The Morgan fingerprint density at radius 2 is 1.64 bits per heavy atom. The van der Waals surface area contributed by atoms with Gasteiger partial charge in [0, 0.05) is 29.5 Å². The van der Waals surface area contributed by atoms with E-state index in [0.29, 0.717) is 23.8 Å². The standard InChI is InChI=1S/C26H32N4O3/c1-16-9-22(17(2)30(16)21-7-5-4-6-8-21)23(32)28-29-24(33)25-11-19-10-20(12-25)14-26(13-19,15-25)27-18(3)31/h4-9,19-20H,10-15H2,1-3H3,(H,27,31)(H,28,32)(H,29,33). The summed E-state index contributed by atoms with van der Waals surface area (Å²) in [6, 6.07) is 11.7. The number of aromatic nitrogens is 1. The van der Waals surface area contributed by atoms with Crippen LogP contribution in [0.1, 0.15) is 67.2 Å². The molecule has 0 saturated heterocycles. The zero-order chi connectivity index (χ0) is 23.4. The molecule has 0 spiro atoms. The second-order valence-corrected chi connectivity index (χ2v) is 10.6. The summed E-state index contributed by atoms with van der Waals surface area (Å²) in [5, 5.41) is 3.18. The van der Waals surface area contributed by atoms with E-state index in [9.17, 15) is 14.4 Å². The summed E-state index contributed by atoms with van der Waals surface area (Å²) in [5.41, 5.74) is 7.92. The fourth-order valence-corrected chi connectivity index (χ4v) is 7.33. The summed E-state index contributed by atoms with van der Waals surface area (Å²) in [6.45, 7) is 5.43. The molecule has 4 aliphatic carbocycles. The molecule has 0 radical (unpaired) electrons. The number of aryl methyl sites for hydroxylation is 1. The lowest BCUT2D eigenvalue weighted by Gasteiger charge is -2.61. The van der Waals surface area contributed by atoms with Crippen molar-refractivity contribution in [3.8, 4) is 5.69 Å². The highest BCUT2D eigenvalue weighted by molar-refractivity contribution is 5.97. The van der Waals surface area contributed by atoms with Gasteiger partial charge in [-0.05, 0) is 82.4 Å². The molecule has 4 bridgehead atoms. The van der Waals surface area contributed by atoms with Crippen LogP contribution in [-0.4, -0.2) is 27.8 Å². The second-order valence-electron chi connectivity index (χ2n) is 10.6. The Hall–Kier alpha value is -3.09. The highest BCUT2D eigenvalue weighted by atomic mass is 16.2. The number of nitrogens with zero attached hydrogens (tertiary/aromatic N) is 1. The van der Waals surface area contributed by atoms with Crippen LogP contribution in [0.2, 0.25) is 0 Å². The molecule has 2 aromatic rings. The van der Waals surface area contributed by atoms with Crippen molar-refractivity contribution in [3.05, 3.63) is 53.3 Å². The normalized spacial score (nSPS) is 29.5. The maximum atomic E-state index is 13.4. The maximum Gasteiger partial charge on any atom is 0.271 e. The maximum absolute atomic E-state index is 13.4. The highest BCUT2D eigenvalue weighted by Gasteiger charge is 2.61. The predicted octanol–water partition coefficient (Wildman–Crippen LogP) is 3.33. The van der Waals surface area contributed by atoms with Crippen molar-refractivity contribution in [2.75, 3.05) is 0 Å². The number of para-hydroxylation sites is 1. The molecule has 174 valence electrons. The zero-order valence-corrected chi connectivity index (χ0v) is 19.5. The van der Waals surface area contributed by atoms with E-state index in [2.05, 4.69) is 16.2 Å². The molecule has 2 atom stereocenters. The third kappa shape index (κ3) is 3.73. The molecule has 4 aliphatic rings. The molecule has 0 aliphatic heterocycles. The first-order valence-corrected chi connectivity index (χ1v) is 11.8. The molecule has 3 N–H and O–H groups in total. The van der Waals surface area contributed by atoms with E-state index in [1.54, 1.807) is 6.92 Å². The second kappa shape index (κ2) is 7.75. The molecule has 7 heteroatoms. The first-order chi connectivity index (χ1) is 15.7. The molecule has 33 heavy (non-hydrogen) atoms. The number of benzene rings is 1. The fraction of sp³-hybridized carbons (Fsp3) is 0.500. The average molecular weight is 449 g/mol. The molecular weight excluding hydrogens is 416 g/mol. The van der Waals surface area contributed by atoms with Crippen LogP contribution in [0, 0.1) is 31.1 Å². The van der Waals surface area contributed by atoms with Crippen LogP contribution in [0.15, 0.2) is 36.4 Å². The number of hydrazine groups is 1. The van der Waals surface area contributed by atoms with Gasteiger partial charge in [-0.3, -0.25) is 25.2 Å². The molecule has 4 saturated carbocycles. The van der Waals surface area contributed by atoms with Crippen LogP contribution < -0.4 is 16.2 Å². The number of hydrogen-bond acceptors (Lipinski definition) is 3. The van der Waals surface area contributed by atoms with Gasteiger partial charge in [-0.2, -0.15) is 0 Å². The zero-order valence-electron chi connectivity index (χ0n) is 19.5. The summed E-state index contributed by atoms with van der Waals surface area (Å²) < 4.78 is 2.03. The van der Waals surface area contributed by atoms with E-state index >= 15 is 0 Å². The average Bonchev–Trinajstić information content (AvgIpc) is 3.04. The molecule has 1 heterocycles. The number of hydrogen-bond donors (Lipinski definition) is 3. The first-order valence-electron chi connectivity index (χ1n) is 11.8. The lowest BCUT2D eigenvalue weighted by molar-refractivity contribution is -0.153. The SMILES string of the molecule is CC(=O)NC12CC3CC(C1)CC(C(=O)NNC(=O)c1cc(C)n(-c4ccccc4)c1C)(C3)C2. The molecule has 6 rings (SSSR count). The Morgan fingerprint density at radius 1 is 0.970 bits per heavy atom. The summed E-state index contributed by atoms with van der Waals surface area (Å²) >= 11 is 0. The van der Waals surface area contributed by atoms with Gasteiger partial charge in [0.1, 0.15) is 0 Å². The van der Waals surface area contributed by atoms with E-state index in [4.69, 9.17) is 0 Å². The third-order valence-corrected chi connectivity index (χ3v) is 7.96. The topological polar surface area (TPSA) is 92.2 Å². The quantitative estimate of drug-likeness (QED) is 0.627. The highest BCUT2D eigenvalue weighted by Crippen LogP contribution is 2.61. The van der Waals surface area contributed by atoms with Crippen LogP contribution >= 0.6 is 0 Å². The smallest absolute Gasteiger partial charge is 0.271 e. The lowest BCUT2D eigenvalue weighted by atomic mass is 9.46. The minimum atomic E-state index is -0.527. The van der Waals surface area contributed by atoms with Crippen molar-refractivity contribution >= 4 is 17.7 Å². The molecule has 4 fully saturated rings. The van der Waals surface area contributed by atoms with Crippen LogP contribution in [0.3, 0.4) is 0 Å². The van der Waals surface area contributed by atoms with E-state index in [1.165, 1.54) is 0 Å². The first kappa shape index (κ1) is 21.7. The summed E-state index contributed by atoms with van der Waals surface area (Å²) in [4.78, 5) is 38.3. The predicted molar refractivity (Wildman–Crippen MR) is 125 cm³/mol. The Kier molecular flexibility index (Phi) is 5.10. The van der Waals surface area contributed by atoms with E-state index in [1.807, 2.05) is 54.8 Å². The van der Waals surface area contributed by atoms with Crippen molar-refractivity contribution in [1.82, 2.24) is 20.7 Å². The van der Waals surface area contributed by atoms with Gasteiger partial charge < -0.3 is 9.88 Å². The molecule has 1 aromatic heterocycles. The Bertz CT molecular complexity index is 1110. The van der Waals surface area contributed by atoms with E-state index in [0.717, 1.165) is 49.2 Å². The molecule has 3 amide bonds. The third-order valence-electron chi connectivity index (χ3n) is 7.96. The van der Waals surface area contributed by atoms with Crippen molar-refractivity contribution in [3.63, 3.8) is 0 Å². The number of carbonyl (C=O) groups excluding carboxylic acids is 3. The van der Waals surface area contributed by atoms with E-state index < -0.39 is 5.41 Å². The van der Waals surface area contributed by atoms with Gasteiger partial charge in [0.2, 0.25) is 11.8 Å². The summed E-state index contributed by atoms with van der Waals surface area (Å²) in [5.74, 6) is 0.416. The van der Waals surface area contributed by atoms with Crippen molar-refractivity contribution < 1.29 is 14.4 Å². The van der Waals surface area contributed by atoms with Gasteiger partial charge in [0.25, 0.3) is 5.91 Å².